The molecule has 2 aliphatic rings. The molecule has 5 nitrogen and oxygen atoms in total. The van der Waals surface area contributed by atoms with Crippen molar-refractivity contribution in [1.29, 1.82) is 0 Å². The van der Waals surface area contributed by atoms with Crippen molar-refractivity contribution in [1.82, 2.24) is 10.1 Å². The lowest BCUT2D eigenvalue weighted by Gasteiger charge is -2.04. The molecule has 0 amide bonds. The Morgan fingerprint density at radius 1 is 1.41 bits per heavy atom. The van der Waals surface area contributed by atoms with Gasteiger partial charge in [-0.15, -0.1) is 0 Å². The zero-order chi connectivity index (χ0) is 11.7. The number of hydrogen-bond acceptors (Lipinski definition) is 5. The van der Waals surface area contributed by atoms with E-state index < -0.39 is 0 Å². The lowest BCUT2D eigenvalue weighted by molar-refractivity contribution is 0.109. The van der Waals surface area contributed by atoms with Gasteiger partial charge in [-0.1, -0.05) is 17.3 Å². The molecule has 0 aromatic carbocycles. The Hall–Kier alpha value is -1.20. The summed E-state index contributed by atoms with van der Waals surface area (Å²) in [6.45, 7) is 0.857. The van der Waals surface area contributed by atoms with Crippen molar-refractivity contribution in [2.45, 2.75) is 43.7 Å². The van der Waals surface area contributed by atoms with Crippen LogP contribution in [0.25, 0.3) is 0 Å². The molecule has 3 unspecified atom stereocenters. The third-order valence-electron chi connectivity index (χ3n) is 3.35. The van der Waals surface area contributed by atoms with Crippen molar-refractivity contribution in [2.75, 3.05) is 6.61 Å². The van der Waals surface area contributed by atoms with Crippen LogP contribution in [-0.4, -0.2) is 28.9 Å². The first-order valence-electron chi connectivity index (χ1n) is 6.19. The maximum atomic E-state index is 5.80. The predicted octanol–water partition coefficient (Wildman–Crippen LogP) is 1.16. The van der Waals surface area contributed by atoms with Gasteiger partial charge in [0, 0.05) is 19.1 Å². The van der Waals surface area contributed by atoms with Crippen molar-refractivity contribution in [3.63, 3.8) is 0 Å². The number of rotatable bonds is 3. The molecule has 1 aromatic heterocycles. The van der Waals surface area contributed by atoms with Crippen LogP contribution in [-0.2, 0) is 11.2 Å². The first-order chi connectivity index (χ1) is 8.31. The van der Waals surface area contributed by atoms with Gasteiger partial charge in [0.1, 0.15) is 0 Å². The highest BCUT2D eigenvalue weighted by atomic mass is 16.5. The van der Waals surface area contributed by atoms with Crippen molar-refractivity contribution >= 4 is 0 Å². The van der Waals surface area contributed by atoms with Gasteiger partial charge >= 0.3 is 0 Å². The Balaban J connectivity index is 1.64. The van der Waals surface area contributed by atoms with Crippen LogP contribution in [0.1, 0.15) is 36.9 Å². The molecule has 3 rings (SSSR count). The maximum absolute atomic E-state index is 5.80. The highest BCUT2D eigenvalue weighted by molar-refractivity contribution is 5.15. The normalized spacial score (nSPS) is 32.4. The van der Waals surface area contributed by atoms with E-state index in [0.717, 1.165) is 38.1 Å². The molecule has 1 aromatic rings. The summed E-state index contributed by atoms with van der Waals surface area (Å²) >= 11 is 0. The number of nitrogens with zero attached hydrogens (tertiary/aromatic N) is 2. The summed E-state index contributed by atoms with van der Waals surface area (Å²) in [5.74, 6) is 1.62. The lowest BCUT2D eigenvalue weighted by atomic mass is 10.1. The van der Waals surface area contributed by atoms with Crippen molar-refractivity contribution in [3.8, 4) is 0 Å². The van der Waals surface area contributed by atoms with Crippen molar-refractivity contribution < 1.29 is 9.26 Å². The van der Waals surface area contributed by atoms with Gasteiger partial charge in [-0.25, -0.2) is 0 Å². The molecule has 17 heavy (non-hydrogen) atoms. The van der Waals surface area contributed by atoms with Gasteiger partial charge in [0.2, 0.25) is 5.89 Å². The summed E-state index contributed by atoms with van der Waals surface area (Å²) in [7, 11) is 0. The van der Waals surface area contributed by atoms with Gasteiger partial charge in [0.05, 0.1) is 12.0 Å². The van der Waals surface area contributed by atoms with E-state index in [1.165, 1.54) is 0 Å². The van der Waals surface area contributed by atoms with E-state index in [2.05, 4.69) is 10.1 Å². The van der Waals surface area contributed by atoms with E-state index in [1.54, 1.807) is 0 Å². The minimum atomic E-state index is 0.119. The van der Waals surface area contributed by atoms with Crippen LogP contribution in [0.15, 0.2) is 16.7 Å². The van der Waals surface area contributed by atoms with Gasteiger partial charge in [0.25, 0.3) is 0 Å². The topological polar surface area (TPSA) is 74.2 Å². The largest absolute Gasteiger partial charge is 0.378 e. The van der Waals surface area contributed by atoms with E-state index in [0.29, 0.717) is 5.89 Å². The second-order valence-corrected chi connectivity index (χ2v) is 4.78. The quantitative estimate of drug-likeness (QED) is 0.796. The monoisotopic (exact) mass is 235 g/mol. The molecule has 0 radical (unpaired) electrons. The van der Waals surface area contributed by atoms with Crippen LogP contribution in [0.3, 0.4) is 0 Å². The molecule has 0 spiro atoms. The Morgan fingerprint density at radius 2 is 2.35 bits per heavy atom. The standard InChI is InChI=1S/C12H17N3O2/c13-9-4-3-8(6-9)12-14-11(15-17-12)7-10-2-1-5-16-10/h3-4,8-10H,1-2,5-7,13H2. The molecule has 1 aliphatic heterocycles. The highest BCUT2D eigenvalue weighted by Crippen LogP contribution is 2.26. The highest BCUT2D eigenvalue weighted by Gasteiger charge is 2.24. The van der Waals surface area contributed by atoms with Gasteiger partial charge in [-0.2, -0.15) is 4.98 Å². The van der Waals surface area contributed by atoms with E-state index in [1.807, 2.05) is 12.2 Å². The molecule has 5 heteroatoms. The molecule has 2 heterocycles. The number of hydrogen-bond donors (Lipinski definition) is 1. The van der Waals surface area contributed by atoms with Gasteiger partial charge < -0.3 is 15.0 Å². The predicted molar refractivity (Wildman–Crippen MR) is 61.4 cm³/mol. The zero-order valence-electron chi connectivity index (χ0n) is 9.71. The Morgan fingerprint density at radius 3 is 3.06 bits per heavy atom. The molecule has 2 N–H and O–H groups in total. The fourth-order valence-corrected chi connectivity index (χ4v) is 2.42. The molecule has 1 fully saturated rings. The summed E-state index contributed by atoms with van der Waals surface area (Å²) in [5.41, 5.74) is 5.80. The molecule has 1 aliphatic carbocycles. The van der Waals surface area contributed by atoms with E-state index in [4.69, 9.17) is 15.0 Å². The Kier molecular flexibility index (Phi) is 2.94. The average molecular weight is 235 g/mol. The molecule has 0 saturated carbocycles. The van der Waals surface area contributed by atoms with Crippen LogP contribution in [0.2, 0.25) is 0 Å². The summed E-state index contributed by atoms with van der Waals surface area (Å²) < 4.78 is 10.8. The molecule has 92 valence electrons. The molecule has 1 saturated heterocycles. The summed E-state index contributed by atoms with van der Waals surface area (Å²) in [4.78, 5) is 4.43. The summed E-state index contributed by atoms with van der Waals surface area (Å²) in [6, 6.07) is 0.119. The van der Waals surface area contributed by atoms with Crippen molar-refractivity contribution in [2.24, 2.45) is 5.73 Å². The van der Waals surface area contributed by atoms with Crippen LogP contribution in [0.5, 0.6) is 0 Å². The number of ether oxygens (including phenoxy) is 1. The van der Waals surface area contributed by atoms with E-state index in [9.17, 15) is 0 Å². The third kappa shape index (κ3) is 2.40. The van der Waals surface area contributed by atoms with Crippen molar-refractivity contribution in [3.05, 3.63) is 23.9 Å². The van der Waals surface area contributed by atoms with Crippen LogP contribution >= 0.6 is 0 Å². The third-order valence-corrected chi connectivity index (χ3v) is 3.35. The Bertz CT molecular complexity index is 410. The van der Waals surface area contributed by atoms with E-state index >= 15 is 0 Å². The minimum absolute atomic E-state index is 0.119. The SMILES string of the molecule is NC1C=CC(c2nc(CC3CCCO3)no2)C1. The summed E-state index contributed by atoms with van der Waals surface area (Å²) in [6.07, 6.45) is 8.16. The number of aromatic nitrogens is 2. The van der Waals surface area contributed by atoms with Gasteiger partial charge in [-0.3, -0.25) is 0 Å². The van der Waals surface area contributed by atoms with Crippen LogP contribution < -0.4 is 5.73 Å². The van der Waals surface area contributed by atoms with Gasteiger partial charge in [0.15, 0.2) is 5.82 Å². The molecular weight excluding hydrogens is 218 g/mol. The fraction of sp³-hybridized carbons (Fsp3) is 0.667. The summed E-state index contributed by atoms with van der Waals surface area (Å²) in [5, 5.41) is 4.01. The molecule has 3 atom stereocenters. The van der Waals surface area contributed by atoms with Crippen LogP contribution in [0, 0.1) is 0 Å². The smallest absolute Gasteiger partial charge is 0.233 e. The molecule has 0 bridgehead atoms. The Labute approximate surface area is 100 Å². The second kappa shape index (κ2) is 4.58. The number of nitrogens with two attached hydrogens (primary N) is 1. The molecular formula is C12H17N3O2. The average Bonchev–Trinajstić information content (AvgIpc) is 2.99. The minimum Gasteiger partial charge on any atom is -0.378 e. The lowest BCUT2D eigenvalue weighted by Crippen LogP contribution is -2.14. The fourth-order valence-electron chi connectivity index (χ4n) is 2.42. The van der Waals surface area contributed by atoms with E-state index in [-0.39, 0.29) is 18.1 Å². The van der Waals surface area contributed by atoms with Gasteiger partial charge in [-0.05, 0) is 19.3 Å². The number of allylic oxidation sites excluding steroid dienone is 1. The van der Waals surface area contributed by atoms with Crippen LogP contribution in [0.4, 0.5) is 0 Å². The first-order valence-corrected chi connectivity index (χ1v) is 6.19. The second-order valence-electron chi connectivity index (χ2n) is 4.78. The zero-order valence-corrected chi connectivity index (χ0v) is 9.71. The maximum Gasteiger partial charge on any atom is 0.233 e. The first kappa shape index (κ1) is 10.9.